The fourth-order valence-corrected chi connectivity index (χ4v) is 2.84. The summed E-state index contributed by atoms with van der Waals surface area (Å²) in [7, 11) is 0.911. The van der Waals surface area contributed by atoms with E-state index in [0.29, 0.717) is 0 Å². The van der Waals surface area contributed by atoms with Gasteiger partial charge in [-0.15, -0.1) is 0 Å². The van der Waals surface area contributed by atoms with Crippen molar-refractivity contribution in [3.8, 4) is 0 Å². The van der Waals surface area contributed by atoms with E-state index in [1.807, 2.05) is 0 Å². The van der Waals surface area contributed by atoms with Gasteiger partial charge in [0.15, 0.2) is 5.60 Å². The Morgan fingerprint density at radius 1 is 1.47 bits per heavy atom. The zero-order valence-electron chi connectivity index (χ0n) is 10.6. The van der Waals surface area contributed by atoms with E-state index in [2.05, 4.69) is 5.32 Å². The highest BCUT2D eigenvalue weighted by Crippen LogP contribution is 2.20. The topological polar surface area (TPSA) is 79.0 Å². The second kappa shape index (κ2) is 4.89. The number of rotatable bonds is 3. The average Bonchev–Trinajstić information content (AvgIpc) is 2.27. The van der Waals surface area contributed by atoms with Crippen LogP contribution in [0.4, 0.5) is 0 Å². The molecule has 0 aromatic heterocycles. The van der Waals surface area contributed by atoms with Gasteiger partial charge in [-0.25, -0.2) is 0 Å². The third kappa shape index (κ3) is 2.76. The number of hydrogen-bond acceptors (Lipinski definition) is 4. The predicted molar refractivity (Wildman–Crippen MR) is 62.6 cm³/mol. The van der Waals surface area contributed by atoms with E-state index in [1.165, 1.54) is 25.4 Å². The molecule has 0 unspecified atom stereocenters. The third-order valence-corrected chi connectivity index (χ3v) is 4.62. The molecule has 1 fully saturated rings. The van der Waals surface area contributed by atoms with Crippen LogP contribution in [0.15, 0.2) is 0 Å². The minimum Gasteiger partial charge on any atom is -0.363 e. The molecule has 0 aromatic carbocycles. The molecule has 1 heterocycles. The fourth-order valence-electron chi connectivity index (χ4n) is 1.66. The predicted octanol–water partition coefficient (Wildman–Crippen LogP) is -1.37. The van der Waals surface area contributed by atoms with Gasteiger partial charge in [0.05, 0.1) is 13.2 Å². The largest absolute Gasteiger partial charge is 0.363 e. The van der Waals surface area contributed by atoms with Crippen LogP contribution in [-0.4, -0.2) is 69.4 Å². The standard InChI is InChI=1S/C9H19N3O4S/c1-9(8(13)10-2)7-12(5-6-16-9)17(14,15)11(3)4/h5-7H2,1-4H3,(H,10,13)/t9-/m1/s1. The van der Waals surface area contributed by atoms with Gasteiger partial charge in [0.25, 0.3) is 16.1 Å². The molecule has 100 valence electrons. The van der Waals surface area contributed by atoms with Gasteiger partial charge in [0.2, 0.25) is 0 Å². The molecule has 0 aromatic rings. The van der Waals surface area contributed by atoms with Crippen molar-refractivity contribution < 1.29 is 17.9 Å². The molecule has 0 saturated carbocycles. The van der Waals surface area contributed by atoms with Gasteiger partial charge in [0.1, 0.15) is 0 Å². The Bertz CT molecular complexity index is 395. The summed E-state index contributed by atoms with van der Waals surface area (Å²) in [4.78, 5) is 11.7. The highest BCUT2D eigenvalue weighted by Gasteiger charge is 2.42. The first-order valence-corrected chi connectivity index (χ1v) is 6.67. The zero-order chi connectivity index (χ0) is 13.3. The van der Waals surface area contributed by atoms with E-state index in [0.717, 1.165) is 4.31 Å². The van der Waals surface area contributed by atoms with Crippen molar-refractivity contribution in [1.82, 2.24) is 13.9 Å². The number of morpholine rings is 1. The first-order valence-electron chi connectivity index (χ1n) is 5.28. The maximum atomic E-state index is 11.9. The molecule has 1 rings (SSSR count). The molecular weight excluding hydrogens is 246 g/mol. The molecule has 7 nitrogen and oxygen atoms in total. The highest BCUT2D eigenvalue weighted by atomic mass is 32.2. The molecule has 1 atom stereocenters. The molecule has 0 bridgehead atoms. The summed E-state index contributed by atoms with van der Waals surface area (Å²) in [5, 5.41) is 2.48. The summed E-state index contributed by atoms with van der Waals surface area (Å²) in [5.74, 6) is -0.323. The molecule has 1 saturated heterocycles. The second-order valence-corrected chi connectivity index (χ2v) is 6.42. The van der Waals surface area contributed by atoms with Gasteiger partial charge in [-0.05, 0) is 6.92 Å². The minimum atomic E-state index is -3.51. The van der Waals surface area contributed by atoms with Crippen LogP contribution in [0.2, 0.25) is 0 Å². The number of nitrogens with zero attached hydrogens (tertiary/aromatic N) is 2. The van der Waals surface area contributed by atoms with Crippen LogP contribution in [-0.2, 0) is 19.7 Å². The number of amides is 1. The van der Waals surface area contributed by atoms with E-state index in [-0.39, 0.29) is 25.6 Å². The average molecular weight is 265 g/mol. The Morgan fingerprint density at radius 2 is 2.06 bits per heavy atom. The van der Waals surface area contributed by atoms with E-state index in [1.54, 1.807) is 6.92 Å². The summed E-state index contributed by atoms with van der Waals surface area (Å²) < 4.78 is 31.7. The van der Waals surface area contributed by atoms with Crippen LogP contribution in [0.5, 0.6) is 0 Å². The van der Waals surface area contributed by atoms with Gasteiger partial charge in [-0.2, -0.15) is 17.0 Å². The second-order valence-electron chi connectivity index (χ2n) is 4.28. The summed E-state index contributed by atoms with van der Waals surface area (Å²) in [6, 6.07) is 0. The molecule has 1 aliphatic rings. The van der Waals surface area contributed by atoms with Crippen molar-refractivity contribution in [2.45, 2.75) is 12.5 Å². The summed E-state index contributed by atoms with van der Waals surface area (Å²) in [6.07, 6.45) is 0. The van der Waals surface area contributed by atoms with Gasteiger partial charge < -0.3 is 10.1 Å². The molecule has 0 spiro atoms. The molecule has 0 aliphatic carbocycles. The Balaban J connectivity index is 2.91. The Morgan fingerprint density at radius 3 is 2.53 bits per heavy atom. The normalized spacial score (nSPS) is 27.1. The lowest BCUT2D eigenvalue weighted by atomic mass is 10.0. The first kappa shape index (κ1) is 14.4. The molecule has 0 radical (unpaired) electrons. The van der Waals surface area contributed by atoms with Crippen molar-refractivity contribution in [3.63, 3.8) is 0 Å². The maximum Gasteiger partial charge on any atom is 0.281 e. The molecule has 1 N–H and O–H groups in total. The number of ether oxygens (including phenoxy) is 1. The van der Waals surface area contributed by atoms with E-state index < -0.39 is 15.8 Å². The lowest BCUT2D eigenvalue weighted by Gasteiger charge is -2.39. The van der Waals surface area contributed by atoms with Crippen molar-refractivity contribution in [2.75, 3.05) is 40.8 Å². The van der Waals surface area contributed by atoms with Crippen LogP contribution in [0.1, 0.15) is 6.92 Å². The van der Waals surface area contributed by atoms with Crippen molar-refractivity contribution in [3.05, 3.63) is 0 Å². The van der Waals surface area contributed by atoms with Crippen LogP contribution in [0.3, 0.4) is 0 Å². The fraction of sp³-hybridized carbons (Fsp3) is 0.889. The molecule has 1 aliphatic heterocycles. The van der Waals surface area contributed by atoms with Crippen molar-refractivity contribution >= 4 is 16.1 Å². The van der Waals surface area contributed by atoms with Crippen LogP contribution >= 0.6 is 0 Å². The number of hydrogen-bond donors (Lipinski definition) is 1. The van der Waals surface area contributed by atoms with Gasteiger partial charge in [-0.1, -0.05) is 0 Å². The Hall–Kier alpha value is -0.700. The van der Waals surface area contributed by atoms with E-state index >= 15 is 0 Å². The molecule has 8 heteroatoms. The number of nitrogens with one attached hydrogen (secondary N) is 1. The molecule has 17 heavy (non-hydrogen) atoms. The zero-order valence-corrected chi connectivity index (χ0v) is 11.4. The van der Waals surface area contributed by atoms with Crippen LogP contribution in [0.25, 0.3) is 0 Å². The van der Waals surface area contributed by atoms with Gasteiger partial charge in [-0.3, -0.25) is 4.79 Å². The summed E-state index contributed by atoms with van der Waals surface area (Å²) >= 11 is 0. The van der Waals surface area contributed by atoms with Gasteiger partial charge in [0, 0.05) is 27.7 Å². The Labute approximate surface area is 102 Å². The molecule has 1 amide bonds. The third-order valence-electron chi connectivity index (χ3n) is 2.73. The minimum absolute atomic E-state index is 0.0210. The summed E-state index contributed by atoms with van der Waals surface area (Å²) in [6.45, 7) is 2.07. The lowest BCUT2D eigenvalue weighted by molar-refractivity contribution is -0.151. The summed E-state index contributed by atoms with van der Waals surface area (Å²) in [5.41, 5.74) is -1.13. The monoisotopic (exact) mass is 265 g/mol. The smallest absolute Gasteiger partial charge is 0.281 e. The number of likely N-dealkylation sites (N-methyl/N-ethyl adjacent to an activating group) is 1. The highest BCUT2D eigenvalue weighted by molar-refractivity contribution is 7.86. The first-order chi connectivity index (χ1) is 7.74. The molecular formula is C9H19N3O4S. The van der Waals surface area contributed by atoms with E-state index in [9.17, 15) is 13.2 Å². The van der Waals surface area contributed by atoms with E-state index in [4.69, 9.17) is 4.74 Å². The van der Waals surface area contributed by atoms with Crippen LogP contribution in [0, 0.1) is 0 Å². The SMILES string of the molecule is CNC(=O)[C@@]1(C)CN(S(=O)(=O)N(C)C)CCO1. The number of carbonyl (C=O) groups excluding carboxylic acids is 1. The Kier molecular flexibility index (Phi) is 4.13. The maximum absolute atomic E-state index is 11.9. The van der Waals surface area contributed by atoms with Gasteiger partial charge >= 0.3 is 0 Å². The lowest BCUT2D eigenvalue weighted by Crippen LogP contribution is -2.60. The quantitative estimate of drug-likeness (QED) is 0.683. The van der Waals surface area contributed by atoms with Crippen LogP contribution < -0.4 is 5.32 Å². The number of carbonyl (C=O) groups is 1. The van der Waals surface area contributed by atoms with Crippen molar-refractivity contribution in [1.29, 1.82) is 0 Å². The van der Waals surface area contributed by atoms with Crippen molar-refractivity contribution in [2.24, 2.45) is 0 Å².